The zero-order chi connectivity index (χ0) is 24.5. The molecular weight excluding hydrogens is 458 g/mol. The molecule has 2 aliphatic heterocycles. The third-order valence-electron chi connectivity index (χ3n) is 6.44. The van der Waals surface area contributed by atoms with Crippen LogP contribution in [0.2, 0.25) is 0 Å². The molecule has 3 heterocycles. The first-order chi connectivity index (χ1) is 16.2. The van der Waals surface area contributed by atoms with Crippen molar-refractivity contribution in [2.45, 2.75) is 38.5 Å². The number of sulfonamides is 1. The lowest BCUT2D eigenvalue weighted by Crippen LogP contribution is -2.54. The van der Waals surface area contributed by atoms with Crippen LogP contribution >= 0.6 is 0 Å². The molecule has 2 saturated heterocycles. The number of hydrogen-bond acceptors (Lipinski definition) is 6. The van der Waals surface area contributed by atoms with Gasteiger partial charge in [0.1, 0.15) is 10.6 Å². The Morgan fingerprint density at radius 2 is 1.79 bits per heavy atom. The van der Waals surface area contributed by atoms with Gasteiger partial charge in [0.2, 0.25) is 15.9 Å². The average molecular weight is 490 g/mol. The van der Waals surface area contributed by atoms with Crippen LogP contribution in [0.3, 0.4) is 0 Å². The molecule has 34 heavy (non-hydrogen) atoms. The fourth-order valence-electron chi connectivity index (χ4n) is 4.67. The Kier molecular flexibility index (Phi) is 6.94. The predicted molar refractivity (Wildman–Crippen MR) is 126 cm³/mol. The van der Waals surface area contributed by atoms with Crippen LogP contribution in [0.25, 0.3) is 0 Å². The second-order valence-corrected chi connectivity index (χ2v) is 10.8. The van der Waals surface area contributed by atoms with E-state index in [9.17, 15) is 18.0 Å². The summed E-state index contributed by atoms with van der Waals surface area (Å²) in [7, 11) is -3.73. The van der Waals surface area contributed by atoms with E-state index in [4.69, 9.17) is 4.52 Å². The molecule has 1 atom stereocenters. The molecular formula is C23H31N5O5S. The molecule has 0 saturated carbocycles. The number of aromatic nitrogens is 1. The number of benzene rings is 1. The molecule has 0 bridgehead atoms. The highest BCUT2D eigenvalue weighted by Gasteiger charge is 2.37. The minimum absolute atomic E-state index is 0.0255. The lowest BCUT2D eigenvalue weighted by molar-refractivity contribution is -0.138. The van der Waals surface area contributed by atoms with Crippen molar-refractivity contribution < 1.29 is 22.5 Å². The largest absolute Gasteiger partial charge is 0.360 e. The molecule has 4 rings (SSSR count). The molecule has 2 aromatic rings. The molecule has 1 aromatic carbocycles. The van der Waals surface area contributed by atoms with Crippen molar-refractivity contribution in [3.8, 4) is 0 Å². The predicted octanol–water partition coefficient (Wildman–Crippen LogP) is 2.38. The van der Waals surface area contributed by atoms with Gasteiger partial charge in [-0.2, -0.15) is 4.31 Å². The summed E-state index contributed by atoms with van der Waals surface area (Å²) < 4.78 is 32.5. The Morgan fingerprint density at radius 3 is 2.44 bits per heavy atom. The fraction of sp³-hybridized carbons (Fsp3) is 0.522. The number of carbonyl (C=O) groups is 2. The van der Waals surface area contributed by atoms with Crippen LogP contribution in [0.1, 0.15) is 29.9 Å². The summed E-state index contributed by atoms with van der Waals surface area (Å²) >= 11 is 0. The summed E-state index contributed by atoms with van der Waals surface area (Å²) in [5.41, 5.74) is 2.12. The summed E-state index contributed by atoms with van der Waals surface area (Å²) in [6.07, 6.45) is 1.46. The third kappa shape index (κ3) is 4.95. The molecule has 184 valence electrons. The van der Waals surface area contributed by atoms with E-state index >= 15 is 0 Å². The first-order valence-electron chi connectivity index (χ1n) is 11.5. The minimum Gasteiger partial charge on any atom is -0.360 e. The van der Waals surface area contributed by atoms with Gasteiger partial charge in [0, 0.05) is 45.0 Å². The Balaban J connectivity index is 1.34. The van der Waals surface area contributed by atoms with Crippen molar-refractivity contribution >= 4 is 27.6 Å². The van der Waals surface area contributed by atoms with Gasteiger partial charge in [0.25, 0.3) is 0 Å². The van der Waals surface area contributed by atoms with E-state index in [-0.39, 0.29) is 41.6 Å². The molecule has 2 fully saturated rings. The highest BCUT2D eigenvalue weighted by molar-refractivity contribution is 7.89. The molecule has 10 nitrogen and oxygen atoms in total. The van der Waals surface area contributed by atoms with Crippen molar-refractivity contribution in [1.82, 2.24) is 19.3 Å². The quantitative estimate of drug-likeness (QED) is 0.705. The first-order valence-corrected chi connectivity index (χ1v) is 12.9. The summed E-state index contributed by atoms with van der Waals surface area (Å²) in [5, 5.41) is 6.66. The standard InChI is InChI=1S/C23H31N5O5S/c1-16-6-4-8-20(14-16)24-23(30)27-9-5-7-19(15-27)22(29)26-10-12-28(13-11-26)34(31,32)21-17(2)25-33-18(21)3/h4,6,8,14,19H,5,7,9-13,15H2,1-3H3,(H,24,30). The van der Waals surface area contributed by atoms with Crippen LogP contribution < -0.4 is 5.32 Å². The number of rotatable bonds is 4. The summed E-state index contributed by atoms with van der Waals surface area (Å²) in [4.78, 5) is 29.4. The molecule has 1 aromatic heterocycles. The average Bonchev–Trinajstić information content (AvgIpc) is 3.17. The Labute approximate surface area is 199 Å². The van der Waals surface area contributed by atoms with Crippen LogP contribution in [0.5, 0.6) is 0 Å². The number of hydrogen-bond donors (Lipinski definition) is 1. The SMILES string of the molecule is Cc1cccc(NC(=O)N2CCCC(C(=O)N3CCN(S(=O)(=O)c4c(C)noc4C)CC3)C2)c1. The fourth-order valence-corrected chi connectivity index (χ4v) is 6.38. The van der Waals surface area contributed by atoms with E-state index in [1.165, 1.54) is 4.31 Å². The Morgan fingerprint density at radius 1 is 1.06 bits per heavy atom. The number of aryl methyl sites for hydroxylation is 3. The third-order valence-corrected chi connectivity index (χ3v) is 8.59. The smallest absolute Gasteiger partial charge is 0.321 e. The highest BCUT2D eigenvalue weighted by atomic mass is 32.2. The number of anilines is 1. The monoisotopic (exact) mass is 489 g/mol. The van der Waals surface area contributed by atoms with Crippen LogP contribution in [0.4, 0.5) is 10.5 Å². The van der Waals surface area contributed by atoms with Gasteiger partial charge in [-0.25, -0.2) is 13.2 Å². The molecule has 0 spiro atoms. The van der Waals surface area contributed by atoms with Gasteiger partial charge in [0.15, 0.2) is 5.76 Å². The highest BCUT2D eigenvalue weighted by Crippen LogP contribution is 2.26. The zero-order valence-corrected chi connectivity index (χ0v) is 20.6. The van der Waals surface area contributed by atoms with Crippen LogP contribution in [-0.2, 0) is 14.8 Å². The first kappa shape index (κ1) is 24.2. The van der Waals surface area contributed by atoms with E-state index in [0.29, 0.717) is 38.3 Å². The van der Waals surface area contributed by atoms with E-state index in [0.717, 1.165) is 17.7 Å². The number of urea groups is 1. The van der Waals surface area contributed by atoms with Gasteiger partial charge in [-0.1, -0.05) is 17.3 Å². The van der Waals surface area contributed by atoms with Crippen molar-refractivity contribution in [1.29, 1.82) is 0 Å². The second-order valence-electron chi connectivity index (χ2n) is 8.97. The van der Waals surface area contributed by atoms with Gasteiger partial charge in [-0.15, -0.1) is 0 Å². The van der Waals surface area contributed by atoms with E-state index in [2.05, 4.69) is 10.5 Å². The number of amides is 3. The Hall–Kier alpha value is -2.92. The van der Waals surface area contributed by atoms with Crippen molar-refractivity contribution in [2.75, 3.05) is 44.6 Å². The number of piperidine rings is 1. The van der Waals surface area contributed by atoms with Crippen LogP contribution in [0.15, 0.2) is 33.7 Å². The molecule has 0 aliphatic carbocycles. The topological polar surface area (TPSA) is 116 Å². The molecule has 3 amide bonds. The maximum Gasteiger partial charge on any atom is 0.321 e. The summed E-state index contributed by atoms with van der Waals surface area (Å²) in [6, 6.07) is 7.39. The maximum atomic E-state index is 13.2. The maximum absolute atomic E-state index is 13.2. The molecule has 2 aliphatic rings. The molecule has 11 heteroatoms. The van der Waals surface area contributed by atoms with Crippen LogP contribution in [-0.4, -0.2) is 78.9 Å². The van der Waals surface area contributed by atoms with Gasteiger partial charge in [-0.05, 0) is 51.3 Å². The zero-order valence-electron chi connectivity index (χ0n) is 19.8. The van der Waals surface area contributed by atoms with Crippen LogP contribution in [0, 0.1) is 26.7 Å². The van der Waals surface area contributed by atoms with E-state index in [1.54, 1.807) is 23.6 Å². The number of nitrogens with zero attached hydrogens (tertiary/aromatic N) is 4. The molecule has 1 N–H and O–H groups in total. The number of carbonyl (C=O) groups excluding carboxylic acids is 2. The van der Waals surface area contributed by atoms with Gasteiger partial charge >= 0.3 is 6.03 Å². The van der Waals surface area contributed by atoms with Gasteiger partial charge in [0.05, 0.1) is 5.92 Å². The van der Waals surface area contributed by atoms with Crippen molar-refractivity contribution in [2.24, 2.45) is 5.92 Å². The normalized spacial score (nSPS) is 19.8. The molecule has 0 radical (unpaired) electrons. The Bertz CT molecular complexity index is 1150. The number of nitrogens with one attached hydrogen (secondary N) is 1. The van der Waals surface area contributed by atoms with Crippen molar-refractivity contribution in [3.63, 3.8) is 0 Å². The summed E-state index contributed by atoms with van der Waals surface area (Å²) in [6.45, 7) is 7.15. The van der Waals surface area contributed by atoms with Gasteiger partial charge < -0.3 is 19.6 Å². The van der Waals surface area contributed by atoms with Gasteiger partial charge in [-0.3, -0.25) is 4.79 Å². The lowest BCUT2D eigenvalue weighted by atomic mass is 9.96. The number of piperazine rings is 1. The lowest BCUT2D eigenvalue weighted by Gasteiger charge is -2.38. The number of likely N-dealkylation sites (tertiary alicyclic amines) is 1. The summed E-state index contributed by atoms with van der Waals surface area (Å²) in [5.74, 6) is -0.0487. The van der Waals surface area contributed by atoms with E-state index in [1.807, 2.05) is 31.2 Å². The minimum atomic E-state index is -3.73. The van der Waals surface area contributed by atoms with Crippen molar-refractivity contribution in [3.05, 3.63) is 41.3 Å². The second kappa shape index (κ2) is 9.75. The molecule has 1 unspecified atom stereocenters. The van der Waals surface area contributed by atoms with E-state index < -0.39 is 10.0 Å².